The van der Waals surface area contributed by atoms with Gasteiger partial charge in [0.05, 0.1) is 6.20 Å². The summed E-state index contributed by atoms with van der Waals surface area (Å²) in [4.78, 5) is 15.2. The molecule has 98 valence electrons. The van der Waals surface area contributed by atoms with Crippen molar-refractivity contribution >= 4 is 21.8 Å². The summed E-state index contributed by atoms with van der Waals surface area (Å²) < 4.78 is 2.69. The van der Waals surface area contributed by atoms with Gasteiger partial charge in [-0.1, -0.05) is 5.21 Å². The first-order valence-corrected chi connectivity index (χ1v) is 6.78. The van der Waals surface area contributed by atoms with Crippen LogP contribution in [0.2, 0.25) is 0 Å². The molecule has 1 aliphatic rings. The second kappa shape index (κ2) is 5.08. The van der Waals surface area contributed by atoms with E-state index in [-0.39, 0.29) is 5.91 Å². The molecule has 1 aliphatic heterocycles. The fourth-order valence-electron chi connectivity index (χ4n) is 2.13. The normalized spacial score (nSPS) is 18.6. The number of hydrogen-bond donors (Lipinski definition) is 1. The maximum Gasteiger partial charge on any atom is 0.220 e. The van der Waals surface area contributed by atoms with Crippen LogP contribution in [-0.2, 0) is 11.3 Å². The number of nitrogens with one attached hydrogen (secondary N) is 1. The summed E-state index contributed by atoms with van der Waals surface area (Å²) in [5.41, 5.74) is 1.70. The lowest BCUT2D eigenvalue weighted by atomic mass is 10.1. The van der Waals surface area contributed by atoms with Crippen LogP contribution in [0.5, 0.6) is 0 Å². The van der Waals surface area contributed by atoms with Crippen LogP contribution in [0.4, 0.5) is 0 Å². The zero-order chi connectivity index (χ0) is 13.2. The molecule has 2 aromatic heterocycles. The Kier molecular flexibility index (Phi) is 3.29. The van der Waals surface area contributed by atoms with Gasteiger partial charge in [-0.25, -0.2) is 0 Å². The molecule has 0 spiro atoms. The van der Waals surface area contributed by atoms with Crippen molar-refractivity contribution in [2.45, 2.75) is 13.0 Å². The predicted octanol–water partition coefficient (Wildman–Crippen LogP) is 1.24. The summed E-state index contributed by atoms with van der Waals surface area (Å²) in [5.74, 6) is 0.407. The third-order valence-corrected chi connectivity index (χ3v) is 3.48. The Balaban J connectivity index is 1.74. The molecular formula is C12H12BrN5O. The standard InChI is InChI=1S/C12H12BrN5O/c13-10-2-9(4-14-5-10)11-7-18(17-16-11)6-8-1-12(19)15-3-8/h2,4-5,7-8H,1,3,6H2,(H,15,19). The van der Waals surface area contributed by atoms with Crippen LogP contribution in [0.3, 0.4) is 0 Å². The molecule has 1 unspecified atom stereocenters. The summed E-state index contributed by atoms with van der Waals surface area (Å²) in [6.45, 7) is 1.42. The Morgan fingerprint density at radius 2 is 2.37 bits per heavy atom. The average Bonchev–Trinajstić information content (AvgIpc) is 2.99. The third-order valence-electron chi connectivity index (χ3n) is 3.05. The zero-order valence-electron chi connectivity index (χ0n) is 10.1. The van der Waals surface area contributed by atoms with Gasteiger partial charge in [0.2, 0.25) is 5.91 Å². The molecule has 2 aromatic rings. The summed E-state index contributed by atoms with van der Waals surface area (Å²) in [6, 6.07) is 1.95. The van der Waals surface area contributed by atoms with Crippen LogP contribution < -0.4 is 5.32 Å². The Morgan fingerprint density at radius 3 is 3.11 bits per heavy atom. The first kappa shape index (κ1) is 12.3. The van der Waals surface area contributed by atoms with Crippen molar-refractivity contribution in [2.24, 2.45) is 5.92 Å². The van der Waals surface area contributed by atoms with E-state index in [9.17, 15) is 4.79 Å². The lowest BCUT2D eigenvalue weighted by molar-refractivity contribution is -0.119. The van der Waals surface area contributed by atoms with E-state index in [1.165, 1.54) is 0 Å². The Labute approximate surface area is 118 Å². The molecule has 1 atom stereocenters. The van der Waals surface area contributed by atoms with Crippen molar-refractivity contribution in [3.63, 3.8) is 0 Å². The second-order valence-electron chi connectivity index (χ2n) is 4.59. The van der Waals surface area contributed by atoms with Gasteiger partial charge in [0.25, 0.3) is 0 Å². The van der Waals surface area contributed by atoms with Gasteiger partial charge in [0.15, 0.2) is 0 Å². The molecule has 0 aliphatic carbocycles. The molecule has 6 nitrogen and oxygen atoms in total. The monoisotopic (exact) mass is 321 g/mol. The molecule has 1 saturated heterocycles. The second-order valence-corrected chi connectivity index (χ2v) is 5.51. The maximum atomic E-state index is 11.1. The number of aromatic nitrogens is 4. The van der Waals surface area contributed by atoms with E-state index in [0.29, 0.717) is 25.4 Å². The number of amides is 1. The van der Waals surface area contributed by atoms with Crippen molar-refractivity contribution in [3.05, 3.63) is 29.1 Å². The number of pyridine rings is 1. The average molecular weight is 322 g/mol. The first-order chi connectivity index (χ1) is 9.20. The van der Waals surface area contributed by atoms with E-state index >= 15 is 0 Å². The van der Waals surface area contributed by atoms with Gasteiger partial charge in [-0.2, -0.15) is 0 Å². The molecule has 0 radical (unpaired) electrons. The molecule has 3 heterocycles. The van der Waals surface area contributed by atoms with Gasteiger partial charge in [0.1, 0.15) is 5.69 Å². The van der Waals surface area contributed by atoms with Crippen LogP contribution in [0.15, 0.2) is 29.1 Å². The minimum Gasteiger partial charge on any atom is -0.356 e. The lowest BCUT2D eigenvalue weighted by Crippen LogP contribution is -2.16. The summed E-state index contributed by atoms with van der Waals surface area (Å²) in [6.07, 6.45) is 5.92. The SMILES string of the molecule is O=C1CC(Cn2cc(-c3cncc(Br)c3)nn2)CN1. The van der Waals surface area contributed by atoms with Crippen LogP contribution in [-0.4, -0.2) is 32.4 Å². The van der Waals surface area contributed by atoms with Gasteiger partial charge in [-0.3, -0.25) is 14.5 Å². The van der Waals surface area contributed by atoms with Gasteiger partial charge in [0, 0.05) is 47.9 Å². The van der Waals surface area contributed by atoms with Crippen molar-refractivity contribution < 1.29 is 4.79 Å². The molecule has 7 heteroatoms. The smallest absolute Gasteiger partial charge is 0.220 e. The van der Waals surface area contributed by atoms with Crippen molar-refractivity contribution in [1.82, 2.24) is 25.3 Å². The number of halogens is 1. The molecule has 3 rings (SSSR count). The van der Waals surface area contributed by atoms with Gasteiger partial charge in [-0.15, -0.1) is 5.10 Å². The number of carbonyl (C=O) groups excluding carboxylic acids is 1. The zero-order valence-corrected chi connectivity index (χ0v) is 11.7. The molecule has 1 amide bonds. The van der Waals surface area contributed by atoms with Gasteiger partial charge < -0.3 is 5.32 Å². The number of hydrogen-bond acceptors (Lipinski definition) is 4. The fraction of sp³-hybridized carbons (Fsp3) is 0.333. The largest absolute Gasteiger partial charge is 0.356 e. The third kappa shape index (κ3) is 2.81. The highest BCUT2D eigenvalue weighted by molar-refractivity contribution is 9.10. The number of nitrogens with zero attached hydrogens (tertiary/aromatic N) is 4. The molecule has 19 heavy (non-hydrogen) atoms. The molecule has 0 bridgehead atoms. The molecule has 1 fully saturated rings. The van der Waals surface area contributed by atoms with Crippen LogP contribution in [0.25, 0.3) is 11.3 Å². The highest BCUT2D eigenvalue weighted by atomic mass is 79.9. The van der Waals surface area contributed by atoms with Crippen molar-refractivity contribution in [1.29, 1.82) is 0 Å². The van der Waals surface area contributed by atoms with Crippen LogP contribution in [0, 0.1) is 5.92 Å². The maximum absolute atomic E-state index is 11.1. The quantitative estimate of drug-likeness (QED) is 0.923. The summed E-state index contributed by atoms with van der Waals surface area (Å²) in [5, 5.41) is 11.0. The molecule has 1 N–H and O–H groups in total. The molecular weight excluding hydrogens is 310 g/mol. The Hall–Kier alpha value is -1.76. The van der Waals surface area contributed by atoms with E-state index in [0.717, 1.165) is 15.7 Å². The van der Waals surface area contributed by atoms with Crippen LogP contribution >= 0.6 is 15.9 Å². The Morgan fingerprint density at radius 1 is 1.47 bits per heavy atom. The highest BCUT2D eigenvalue weighted by Crippen LogP contribution is 2.20. The van der Waals surface area contributed by atoms with Crippen molar-refractivity contribution in [2.75, 3.05) is 6.54 Å². The lowest BCUT2D eigenvalue weighted by Gasteiger charge is -2.05. The molecule has 0 aromatic carbocycles. The summed E-state index contributed by atoms with van der Waals surface area (Å²) >= 11 is 3.38. The van der Waals surface area contributed by atoms with E-state index in [2.05, 4.69) is 36.5 Å². The van der Waals surface area contributed by atoms with Crippen LogP contribution in [0.1, 0.15) is 6.42 Å². The van der Waals surface area contributed by atoms with E-state index in [4.69, 9.17) is 0 Å². The van der Waals surface area contributed by atoms with E-state index in [1.54, 1.807) is 17.1 Å². The number of carbonyl (C=O) groups is 1. The number of rotatable bonds is 3. The molecule has 0 saturated carbocycles. The summed E-state index contributed by atoms with van der Waals surface area (Å²) in [7, 11) is 0. The predicted molar refractivity (Wildman–Crippen MR) is 72.1 cm³/mol. The first-order valence-electron chi connectivity index (χ1n) is 5.98. The van der Waals surface area contributed by atoms with E-state index < -0.39 is 0 Å². The topological polar surface area (TPSA) is 72.7 Å². The minimum atomic E-state index is 0.113. The minimum absolute atomic E-state index is 0.113. The van der Waals surface area contributed by atoms with Gasteiger partial charge >= 0.3 is 0 Å². The Bertz CT molecular complexity index is 612. The van der Waals surface area contributed by atoms with Gasteiger partial charge in [-0.05, 0) is 22.0 Å². The highest BCUT2D eigenvalue weighted by Gasteiger charge is 2.22. The van der Waals surface area contributed by atoms with E-state index in [1.807, 2.05) is 12.3 Å². The van der Waals surface area contributed by atoms with Crippen molar-refractivity contribution in [3.8, 4) is 11.3 Å². The fourth-order valence-corrected chi connectivity index (χ4v) is 2.50.